The first-order chi connectivity index (χ1) is 16.4. The second kappa shape index (κ2) is 9.52. The van der Waals surface area contributed by atoms with Gasteiger partial charge in [0.1, 0.15) is 0 Å². The summed E-state index contributed by atoms with van der Waals surface area (Å²) in [5.74, 6) is -0.174. The molecule has 2 amide bonds. The van der Waals surface area contributed by atoms with E-state index in [1.165, 1.54) is 0 Å². The maximum absolute atomic E-state index is 13.5. The summed E-state index contributed by atoms with van der Waals surface area (Å²) in [6.07, 6.45) is 3.41. The predicted octanol–water partition coefficient (Wildman–Crippen LogP) is 5.85. The standard InChI is InChI=1S/C25H19Br2ClN4O2/c26-18-5-1-17(2-6-18)24(33)31-12-11-30(15-23(31)16-3-8-20(28)9-4-16)25(34)21-13-29-32-14-19(27)7-10-22(21)32/h1-10,13-14,23H,11-12,15H2. The first-order valence-electron chi connectivity index (χ1n) is 10.6. The van der Waals surface area contributed by atoms with Gasteiger partial charge < -0.3 is 9.80 Å². The molecule has 172 valence electrons. The minimum Gasteiger partial charge on any atom is -0.334 e. The first kappa shape index (κ1) is 23.1. The molecule has 0 spiro atoms. The summed E-state index contributed by atoms with van der Waals surface area (Å²) in [6.45, 7) is 1.22. The molecule has 0 aliphatic carbocycles. The Labute approximate surface area is 218 Å². The third-order valence-corrected chi connectivity index (χ3v) is 7.23. The Bertz CT molecular complexity index is 1370. The van der Waals surface area contributed by atoms with Crippen LogP contribution in [0.25, 0.3) is 5.52 Å². The minimum absolute atomic E-state index is 0.0691. The van der Waals surface area contributed by atoms with Crippen LogP contribution in [0, 0.1) is 0 Å². The van der Waals surface area contributed by atoms with Crippen LogP contribution in [0.1, 0.15) is 32.3 Å². The molecule has 1 aliphatic heterocycles. The highest BCUT2D eigenvalue weighted by atomic mass is 79.9. The lowest BCUT2D eigenvalue weighted by Crippen LogP contribution is -2.52. The van der Waals surface area contributed by atoms with Crippen LogP contribution in [0.5, 0.6) is 0 Å². The van der Waals surface area contributed by atoms with E-state index in [0.717, 1.165) is 20.0 Å². The molecule has 1 atom stereocenters. The fourth-order valence-electron chi connectivity index (χ4n) is 4.23. The summed E-state index contributed by atoms with van der Waals surface area (Å²) in [5, 5.41) is 4.95. The maximum Gasteiger partial charge on any atom is 0.257 e. The van der Waals surface area contributed by atoms with Crippen molar-refractivity contribution in [2.24, 2.45) is 0 Å². The molecular weight excluding hydrogens is 584 g/mol. The van der Waals surface area contributed by atoms with Crippen molar-refractivity contribution in [1.29, 1.82) is 0 Å². The van der Waals surface area contributed by atoms with Gasteiger partial charge in [0.05, 0.1) is 23.3 Å². The Balaban J connectivity index is 1.46. The Kier molecular flexibility index (Phi) is 6.46. The molecule has 0 bridgehead atoms. The van der Waals surface area contributed by atoms with Crippen LogP contribution in [-0.2, 0) is 0 Å². The average molecular weight is 603 g/mol. The topological polar surface area (TPSA) is 57.9 Å². The van der Waals surface area contributed by atoms with Crippen LogP contribution < -0.4 is 0 Å². The van der Waals surface area contributed by atoms with Gasteiger partial charge in [-0.1, -0.05) is 39.7 Å². The number of halogens is 3. The van der Waals surface area contributed by atoms with E-state index in [4.69, 9.17) is 11.6 Å². The van der Waals surface area contributed by atoms with Crippen molar-refractivity contribution in [3.63, 3.8) is 0 Å². The van der Waals surface area contributed by atoms with Crippen molar-refractivity contribution < 1.29 is 9.59 Å². The average Bonchev–Trinajstić information content (AvgIpc) is 3.27. The van der Waals surface area contributed by atoms with Crippen LogP contribution in [0.15, 0.2) is 82.0 Å². The second-order valence-electron chi connectivity index (χ2n) is 8.06. The molecule has 3 heterocycles. The van der Waals surface area contributed by atoms with E-state index >= 15 is 0 Å². The molecule has 5 rings (SSSR count). The smallest absolute Gasteiger partial charge is 0.257 e. The second-order valence-corrected chi connectivity index (χ2v) is 10.3. The highest BCUT2D eigenvalue weighted by molar-refractivity contribution is 9.10. The fourth-order valence-corrected chi connectivity index (χ4v) is 4.95. The zero-order valence-corrected chi connectivity index (χ0v) is 21.8. The largest absolute Gasteiger partial charge is 0.334 e. The number of piperazine rings is 1. The van der Waals surface area contributed by atoms with Gasteiger partial charge in [-0.3, -0.25) is 9.59 Å². The van der Waals surface area contributed by atoms with Gasteiger partial charge in [0.2, 0.25) is 0 Å². The lowest BCUT2D eigenvalue weighted by molar-refractivity contribution is 0.0384. The normalized spacial score (nSPS) is 16.1. The summed E-state index contributed by atoms with van der Waals surface area (Å²) in [5.41, 5.74) is 2.81. The van der Waals surface area contributed by atoms with Gasteiger partial charge in [0.15, 0.2) is 0 Å². The van der Waals surface area contributed by atoms with Crippen LogP contribution in [0.3, 0.4) is 0 Å². The van der Waals surface area contributed by atoms with Gasteiger partial charge in [0, 0.05) is 45.4 Å². The molecule has 0 radical (unpaired) electrons. The van der Waals surface area contributed by atoms with Crippen molar-refractivity contribution >= 4 is 60.8 Å². The number of pyridine rings is 1. The Morgan fingerprint density at radius 3 is 2.32 bits per heavy atom. The Morgan fingerprint density at radius 1 is 0.882 bits per heavy atom. The van der Waals surface area contributed by atoms with Crippen molar-refractivity contribution in [2.75, 3.05) is 19.6 Å². The number of fused-ring (bicyclic) bond motifs is 1. The van der Waals surface area contributed by atoms with Crippen molar-refractivity contribution in [3.05, 3.63) is 104 Å². The van der Waals surface area contributed by atoms with E-state index in [9.17, 15) is 9.59 Å². The summed E-state index contributed by atoms with van der Waals surface area (Å²) >= 11 is 13.0. The number of carbonyl (C=O) groups is 2. The zero-order chi connectivity index (χ0) is 23.8. The van der Waals surface area contributed by atoms with Crippen LogP contribution in [-0.4, -0.2) is 50.9 Å². The molecule has 0 N–H and O–H groups in total. The van der Waals surface area contributed by atoms with E-state index in [1.807, 2.05) is 59.6 Å². The minimum atomic E-state index is -0.304. The molecule has 1 saturated heterocycles. The number of amides is 2. The predicted molar refractivity (Wildman–Crippen MR) is 138 cm³/mol. The van der Waals surface area contributed by atoms with Gasteiger partial charge in [0.25, 0.3) is 11.8 Å². The number of hydrogen-bond donors (Lipinski definition) is 0. The number of nitrogens with zero attached hydrogens (tertiary/aromatic N) is 4. The molecule has 1 unspecified atom stereocenters. The third kappa shape index (κ3) is 4.50. The van der Waals surface area contributed by atoms with Gasteiger partial charge in [-0.25, -0.2) is 4.52 Å². The number of rotatable bonds is 3. The lowest BCUT2D eigenvalue weighted by Gasteiger charge is -2.41. The van der Waals surface area contributed by atoms with E-state index in [2.05, 4.69) is 37.0 Å². The Hall–Kier alpha value is -2.68. The molecule has 4 aromatic rings. The van der Waals surface area contributed by atoms with Crippen LogP contribution in [0.2, 0.25) is 5.02 Å². The summed E-state index contributed by atoms with van der Waals surface area (Å²) in [4.78, 5) is 30.6. The van der Waals surface area contributed by atoms with Crippen molar-refractivity contribution in [1.82, 2.24) is 19.4 Å². The molecule has 2 aromatic heterocycles. The van der Waals surface area contributed by atoms with Crippen LogP contribution in [0.4, 0.5) is 0 Å². The summed E-state index contributed by atoms with van der Waals surface area (Å²) < 4.78 is 3.47. The monoisotopic (exact) mass is 600 g/mol. The van der Waals surface area contributed by atoms with E-state index in [-0.39, 0.29) is 17.9 Å². The molecule has 2 aromatic carbocycles. The maximum atomic E-state index is 13.5. The van der Waals surface area contributed by atoms with Gasteiger partial charge in [-0.05, 0) is 70.0 Å². The molecule has 0 saturated carbocycles. The van der Waals surface area contributed by atoms with E-state index in [0.29, 0.717) is 35.8 Å². The van der Waals surface area contributed by atoms with Gasteiger partial charge >= 0.3 is 0 Å². The summed E-state index contributed by atoms with van der Waals surface area (Å²) in [6, 6.07) is 18.2. The van der Waals surface area contributed by atoms with Gasteiger partial charge in [-0.15, -0.1) is 0 Å². The quantitative estimate of drug-likeness (QED) is 0.296. The summed E-state index contributed by atoms with van der Waals surface area (Å²) in [7, 11) is 0. The molecule has 1 fully saturated rings. The van der Waals surface area contributed by atoms with Crippen molar-refractivity contribution in [3.8, 4) is 0 Å². The highest BCUT2D eigenvalue weighted by Crippen LogP contribution is 2.30. The van der Waals surface area contributed by atoms with E-state index in [1.54, 1.807) is 27.7 Å². The number of benzene rings is 2. The SMILES string of the molecule is O=C(c1cnn2cc(Br)ccc12)N1CCN(C(=O)c2ccc(Br)cc2)C(c2ccc(Cl)cc2)C1. The van der Waals surface area contributed by atoms with E-state index < -0.39 is 0 Å². The van der Waals surface area contributed by atoms with Crippen LogP contribution >= 0.6 is 43.5 Å². The number of hydrogen-bond acceptors (Lipinski definition) is 3. The molecule has 1 aliphatic rings. The zero-order valence-electron chi connectivity index (χ0n) is 17.9. The number of aromatic nitrogens is 2. The third-order valence-electron chi connectivity index (χ3n) is 5.98. The highest BCUT2D eigenvalue weighted by Gasteiger charge is 2.35. The Morgan fingerprint density at radius 2 is 1.59 bits per heavy atom. The van der Waals surface area contributed by atoms with Gasteiger partial charge in [-0.2, -0.15) is 5.10 Å². The molecule has 6 nitrogen and oxygen atoms in total. The fraction of sp³-hybridized carbons (Fsp3) is 0.160. The first-order valence-corrected chi connectivity index (χ1v) is 12.6. The number of carbonyl (C=O) groups excluding carboxylic acids is 2. The lowest BCUT2D eigenvalue weighted by atomic mass is 10.0. The molecular formula is C25H19Br2ClN4O2. The van der Waals surface area contributed by atoms with Crippen molar-refractivity contribution in [2.45, 2.75) is 6.04 Å². The molecule has 34 heavy (non-hydrogen) atoms. The molecule has 9 heteroatoms.